The Kier molecular flexibility index (Phi) is 6.60. The highest BCUT2D eigenvalue weighted by atomic mass is 35.5. The van der Waals surface area contributed by atoms with Crippen molar-refractivity contribution in [1.29, 1.82) is 5.26 Å². The second kappa shape index (κ2) is 9.17. The van der Waals surface area contributed by atoms with Crippen molar-refractivity contribution in [2.45, 2.75) is 47.4 Å². The maximum Gasteiger partial charge on any atom is 0.244 e. The van der Waals surface area contributed by atoms with Crippen LogP contribution in [0.2, 0.25) is 10.0 Å². The van der Waals surface area contributed by atoms with E-state index in [1.807, 2.05) is 0 Å². The molecular weight excluding hydrogens is 504 g/mol. The Balaban J connectivity index is 1.62. The van der Waals surface area contributed by atoms with E-state index in [0.717, 1.165) is 6.07 Å². The van der Waals surface area contributed by atoms with Crippen LogP contribution < -0.4 is 5.32 Å². The normalized spacial score (nSPS) is 21.1. The van der Waals surface area contributed by atoms with Crippen LogP contribution in [0.3, 0.4) is 0 Å². The van der Waals surface area contributed by atoms with E-state index in [-0.39, 0.29) is 34.3 Å². The number of amides is 2. The average molecular weight is 524 g/mol. The van der Waals surface area contributed by atoms with Gasteiger partial charge in [-0.3, -0.25) is 9.59 Å². The van der Waals surface area contributed by atoms with Gasteiger partial charge in [0.05, 0.1) is 32.7 Å². The molecule has 0 bridgehead atoms. The van der Waals surface area contributed by atoms with E-state index in [4.69, 9.17) is 23.2 Å². The molecule has 0 spiro atoms. The summed E-state index contributed by atoms with van der Waals surface area (Å²) in [5.41, 5.74) is -0.649. The highest BCUT2D eigenvalue weighted by Gasteiger charge is 2.50. The van der Waals surface area contributed by atoms with Crippen LogP contribution in [-0.4, -0.2) is 48.5 Å². The van der Waals surface area contributed by atoms with Crippen LogP contribution >= 0.6 is 23.2 Å². The van der Waals surface area contributed by atoms with Crippen molar-refractivity contribution in [1.82, 2.24) is 10.2 Å². The minimum absolute atomic E-state index is 0.0475. The summed E-state index contributed by atoms with van der Waals surface area (Å²) in [6, 6.07) is 10.9. The molecule has 2 unspecified atom stereocenters. The van der Waals surface area contributed by atoms with Crippen LogP contribution in [0.4, 0.5) is 4.39 Å². The van der Waals surface area contributed by atoms with Gasteiger partial charge in [0.2, 0.25) is 11.8 Å². The summed E-state index contributed by atoms with van der Waals surface area (Å²) in [6.07, 6.45) is 0.574. The fourth-order valence-corrected chi connectivity index (χ4v) is 6.37. The first kappa shape index (κ1) is 24.5. The Morgan fingerprint density at radius 1 is 1.18 bits per heavy atom. The summed E-state index contributed by atoms with van der Waals surface area (Å²) in [5.74, 6) is -1.82. The largest absolute Gasteiger partial charge is 0.336 e. The third kappa shape index (κ3) is 4.76. The minimum Gasteiger partial charge on any atom is -0.336 e. The minimum atomic E-state index is -3.97. The van der Waals surface area contributed by atoms with Crippen LogP contribution in [0.25, 0.3) is 0 Å². The molecule has 1 saturated heterocycles. The molecule has 1 heterocycles. The first-order valence-corrected chi connectivity index (χ1v) is 12.8. The third-order valence-corrected chi connectivity index (χ3v) is 9.07. The number of hydrogen-bond acceptors (Lipinski definition) is 5. The molecule has 0 radical (unpaired) electrons. The van der Waals surface area contributed by atoms with E-state index < -0.39 is 44.3 Å². The molecule has 1 saturated carbocycles. The highest BCUT2D eigenvalue weighted by Crippen LogP contribution is 2.36. The van der Waals surface area contributed by atoms with Crippen molar-refractivity contribution in [3.05, 3.63) is 63.9 Å². The number of benzene rings is 2. The molecule has 11 heteroatoms. The van der Waals surface area contributed by atoms with Gasteiger partial charge in [0, 0.05) is 6.54 Å². The summed E-state index contributed by atoms with van der Waals surface area (Å²) in [7, 11) is -3.97. The average Bonchev–Trinajstić information content (AvgIpc) is 3.41. The van der Waals surface area contributed by atoms with Gasteiger partial charge in [-0.05, 0) is 49.1 Å². The first-order valence-electron chi connectivity index (χ1n) is 10.5. The lowest BCUT2D eigenvalue weighted by Crippen LogP contribution is -2.49. The summed E-state index contributed by atoms with van der Waals surface area (Å²) in [5, 5.41) is 10.9. The topological polar surface area (TPSA) is 107 Å². The number of likely N-dealkylation sites (tertiary alicyclic amines) is 1. The van der Waals surface area contributed by atoms with Crippen molar-refractivity contribution < 1.29 is 22.4 Å². The first-order chi connectivity index (χ1) is 16.1. The number of nitrogens with one attached hydrogen (secondary N) is 1. The fraction of sp³-hybridized carbons (Fsp3) is 0.348. The summed E-state index contributed by atoms with van der Waals surface area (Å²) >= 11 is 11.8. The molecule has 2 aromatic carbocycles. The second-order valence-electron chi connectivity index (χ2n) is 8.50. The number of carbonyl (C=O) groups excluding carboxylic acids is 2. The Morgan fingerprint density at radius 2 is 1.88 bits per heavy atom. The number of nitriles is 1. The van der Waals surface area contributed by atoms with Crippen molar-refractivity contribution in [2.24, 2.45) is 0 Å². The van der Waals surface area contributed by atoms with Crippen LogP contribution in [0.5, 0.6) is 0 Å². The molecule has 1 aliphatic carbocycles. The van der Waals surface area contributed by atoms with Crippen LogP contribution in [-0.2, 0) is 25.8 Å². The standard InChI is InChI=1S/C23H20Cl2FN3O4S/c24-16-6-5-14(9-18(16)26)10-21(30)29-12-15(34(32,33)20-4-2-1-3-17(20)25)11-19(29)22(31)28-23(13-27)7-8-23/h1-6,9,15,19H,7-8,10-12H2,(H,28,31). The van der Waals surface area contributed by atoms with Crippen molar-refractivity contribution in [3.8, 4) is 6.07 Å². The smallest absolute Gasteiger partial charge is 0.244 e. The highest BCUT2D eigenvalue weighted by molar-refractivity contribution is 7.92. The Morgan fingerprint density at radius 3 is 2.50 bits per heavy atom. The molecule has 1 aliphatic heterocycles. The quantitative estimate of drug-likeness (QED) is 0.624. The van der Waals surface area contributed by atoms with E-state index in [2.05, 4.69) is 11.4 Å². The van der Waals surface area contributed by atoms with Crippen LogP contribution in [0.15, 0.2) is 47.4 Å². The molecule has 2 aromatic rings. The second-order valence-corrected chi connectivity index (χ2v) is 11.5. The molecule has 2 amide bonds. The zero-order valence-electron chi connectivity index (χ0n) is 17.8. The van der Waals surface area contributed by atoms with Gasteiger partial charge < -0.3 is 10.2 Å². The van der Waals surface area contributed by atoms with Gasteiger partial charge >= 0.3 is 0 Å². The van der Waals surface area contributed by atoms with Gasteiger partial charge in [0.1, 0.15) is 17.4 Å². The van der Waals surface area contributed by atoms with Crippen LogP contribution in [0.1, 0.15) is 24.8 Å². The third-order valence-electron chi connectivity index (χ3n) is 6.13. The maximum atomic E-state index is 13.8. The van der Waals surface area contributed by atoms with E-state index in [0.29, 0.717) is 18.4 Å². The van der Waals surface area contributed by atoms with E-state index in [1.165, 1.54) is 29.2 Å². The maximum absolute atomic E-state index is 13.8. The molecule has 1 N–H and O–H groups in total. The van der Waals surface area contributed by atoms with Crippen molar-refractivity contribution in [3.63, 3.8) is 0 Å². The predicted molar refractivity (Wildman–Crippen MR) is 123 cm³/mol. The molecule has 2 aliphatic rings. The molecule has 7 nitrogen and oxygen atoms in total. The SMILES string of the molecule is N#CC1(NC(=O)C2CC(S(=O)(=O)c3ccccc3Cl)CN2C(=O)Cc2ccc(Cl)c(F)c2)CC1. The van der Waals surface area contributed by atoms with E-state index in [9.17, 15) is 27.7 Å². The van der Waals surface area contributed by atoms with E-state index >= 15 is 0 Å². The van der Waals surface area contributed by atoms with Crippen molar-refractivity contribution in [2.75, 3.05) is 6.54 Å². The summed E-state index contributed by atoms with van der Waals surface area (Å²) < 4.78 is 40.5. The predicted octanol–water partition coefficient (Wildman–Crippen LogP) is 3.29. The molecule has 34 heavy (non-hydrogen) atoms. The zero-order chi connectivity index (χ0) is 24.7. The molecule has 0 aromatic heterocycles. The van der Waals surface area contributed by atoms with Crippen LogP contribution in [0, 0.1) is 17.1 Å². The molecule has 4 rings (SSSR count). The molecule has 178 valence electrons. The molecule has 2 fully saturated rings. The number of nitrogens with zero attached hydrogens (tertiary/aromatic N) is 2. The number of halogens is 3. The monoisotopic (exact) mass is 523 g/mol. The Hall–Kier alpha value is -2.67. The number of rotatable bonds is 6. The van der Waals surface area contributed by atoms with Crippen molar-refractivity contribution >= 4 is 44.9 Å². The van der Waals surface area contributed by atoms with Gasteiger partial charge in [-0.25, -0.2) is 12.8 Å². The van der Waals surface area contributed by atoms with Gasteiger partial charge in [-0.15, -0.1) is 0 Å². The van der Waals surface area contributed by atoms with Gasteiger partial charge in [-0.2, -0.15) is 5.26 Å². The Bertz CT molecular complexity index is 1310. The van der Waals surface area contributed by atoms with E-state index in [1.54, 1.807) is 12.1 Å². The van der Waals surface area contributed by atoms with Gasteiger partial charge in [0.25, 0.3) is 0 Å². The lowest BCUT2D eigenvalue weighted by molar-refractivity contribution is -0.138. The van der Waals surface area contributed by atoms with Gasteiger partial charge in [-0.1, -0.05) is 41.4 Å². The number of sulfone groups is 1. The zero-order valence-corrected chi connectivity index (χ0v) is 20.1. The van der Waals surface area contributed by atoms with Gasteiger partial charge in [0.15, 0.2) is 9.84 Å². The summed E-state index contributed by atoms with van der Waals surface area (Å²) in [6.45, 7) is -0.236. The molecule has 2 atom stereocenters. The Labute approximate surface area is 206 Å². The fourth-order valence-electron chi connectivity index (χ4n) is 4.04. The number of hydrogen-bond donors (Lipinski definition) is 1. The lowest BCUT2D eigenvalue weighted by Gasteiger charge is -2.25. The summed E-state index contributed by atoms with van der Waals surface area (Å²) in [4.78, 5) is 27.3. The number of carbonyl (C=O) groups is 2. The lowest BCUT2D eigenvalue weighted by atomic mass is 10.1. The molecular formula is C23H20Cl2FN3O4S.